The number of piperazine rings is 1. The van der Waals surface area contributed by atoms with Crippen molar-refractivity contribution in [2.45, 2.75) is 36.8 Å². The summed E-state index contributed by atoms with van der Waals surface area (Å²) in [6, 6.07) is 6.24. The van der Waals surface area contributed by atoms with Gasteiger partial charge in [0, 0.05) is 54.2 Å². The van der Waals surface area contributed by atoms with Crippen LogP contribution in [0.5, 0.6) is 0 Å². The van der Waals surface area contributed by atoms with Gasteiger partial charge in [-0.05, 0) is 24.1 Å². The molecule has 2 aromatic rings. The number of hydrogen-bond donors (Lipinski definition) is 2. The maximum atomic E-state index is 13.2. The smallest absolute Gasteiger partial charge is 0.405 e. The van der Waals surface area contributed by atoms with E-state index in [9.17, 15) is 14.7 Å². The van der Waals surface area contributed by atoms with Gasteiger partial charge in [-0.2, -0.15) is 0 Å². The van der Waals surface area contributed by atoms with E-state index in [0.717, 1.165) is 29.2 Å². The summed E-state index contributed by atoms with van der Waals surface area (Å²) in [5.74, 6) is 1.67. The molecule has 170 valence electrons. The first-order valence-electron chi connectivity index (χ1n) is 10.7. The summed E-state index contributed by atoms with van der Waals surface area (Å²) in [4.78, 5) is 37.5. The second-order valence-corrected chi connectivity index (χ2v) is 9.54. The second-order valence-electron chi connectivity index (χ2n) is 7.91. The van der Waals surface area contributed by atoms with Crippen LogP contribution in [0.3, 0.4) is 0 Å². The monoisotopic (exact) mass is 475 g/mol. The Morgan fingerprint density at radius 1 is 1.22 bits per heavy atom. The quantitative estimate of drug-likeness (QED) is 0.660. The highest BCUT2D eigenvalue weighted by Gasteiger charge is 2.33. The topological polar surface area (TPSA) is 98.7 Å². The zero-order valence-corrected chi connectivity index (χ0v) is 19.4. The molecular weight excluding hydrogens is 450 g/mol. The molecule has 1 aromatic carbocycles. The first kappa shape index (κ1) is 22.7. The minimum absolute atomic E-state index is 0.211. The van der Waals surface area contributed by atoms with Crippen LogP contribution in [0.25, 0.3) is 0 Å². The van der Waals surface area contributed by atoms with Gasteiger partial charge in [0.15, 0.2) is 0 Å². The molecule has 0 saturated carbocycles. The van der Waals surface area contributed by atoms with Crippen LogP contribution in [0.4, 0.5) is 10.6 Å². The van der Waals surface area contributed by atoms with E-state index in [1.165, 1.54) is 5.56 Å². The summed E-state index contributed by atoms with van der Waals surface area (Å²) >= 11 is 7.83. The summed E-state index contributed by atoms with van der Waals surface area (Å²) in [7, 11) is 0. The Morgan fingerprint density at radius 2 is 1.94 bits per heavy atom. The minimum atomic E-state index is -1.21. The number of carboxylic acid groups (broad SMARTS) is 1. The third-order valence-corrected chi connectivity index (χ3v) is 7.56. The van der Waals surface area contributed by atoms with Crippen LogP contribution in [0.1, 0.15) is 35.4 Å². The van der Waals surface area contributed by atoms with Gasteiger partial charge in [-0.1, -0.05) is 30.7 Å². The molecule has 1 saturated heterocycles. The summed E-state index contributed by atoms with van der Waals surface area (Å²) in [6.07, 6.45) is 1.72. The number of rotatable bonds is 6. The van der Waals surface area contributed by atoms with E-state index < -0.39 is 12.1 Å². The molecule has 0 aliphatic carbocycles. The first-order valence-corrected chi connectivity index (χ1v) is 12.1. The van der Waals surface area contributed by atoms with Crippen LogP contribution in [0.15, 0.2) is 30.6 Å². The Hall–Kier alpha value is -2.52. The largest absolute Gasteiger partial charge is 0.465 e. The third kappa shape index (κ3) is 4.94. The molecule has 32 heavy (non-hydrogen) atoms. The molecule has 2 N–H and O–H groups in total. The lowest BCUT2D eigenvalue weighted by Gasteiger charge is -2.37. The van der Waals surface area contributed by atoms with Gasteiger partial charge in [0.1, 0.15) is 18.2 Å². The standard InChI is InChI=1S/C22H26ClN5O3S/c1-2-18-19-17(12-32-18)24-13-25-20(19)27-7-9-28(10-8-27)21(29)16(26-22(30)31)11-14-3-5-15(23)6-4-14/h3-6,13,16,18,26H,2,7-12H2,1H3,(H,30,31)/t16-,18?/m1/s1. The number of anilines is 1. The number of thioether (sulfide) groups is 1. The minimum Gasteiger partial charge on any atom is -0.465 e. The number of benzene rings is 1. The fraction of sp³-hybridized carbons (Fsp3) is 0.455. The van der Waals surface area contributed by atoms with Gasteiger partial charge < -0.3 is 20.2 Å². The van der Waals surface area contributed by atoms with Crippen LogP contribution in [0, 0.1) is 0 Å². The van der Waals surface area contributed by atoms with Crippen LogP contribution in [-0.2, 0) is 17.0 Å². The van der Waals surface area contributed by atoms with Gasteiger partial charge in [0.25, 0.3) is 0 Å². The number of halogens is 1. The fourth-order valence-corrected chi connectivity index (χ4v) is 5.63. The number of nitrogens with one attached hydrogen (secondary N) is 1. The van der Waals surface area contributed by atoms with Gasteiger partial charge >= 0.3 is 6.09 Å². The van der Waals surface area contributed by atoms with E-state index in [1.807, 2.05) is 23.9 Å². The van der Waals surface area contributed by atoms with E-state index in [2.05, 4.69) is 27.1 Å². The molecule has 8 nitrogen and oxygen atoms in total. The van der Waals surface area contributed by atoms with Crippen molar-refractivity contribution < 1.29 is 14.7 Å². The fourth-order valence-electron chi connectivity index (χ4n) is 4.27. The van der Waals surface area contributed by atoms with Crippen LogP contribution in [-0.4, -0.2) is 64.2 Å². The highest BCUT2D eigenvalue weighted by molar-refractivity contribution is 7.99. The molecule has 2 atom stereocenters. The van der Waals surface area contributed by atoms with Crippen molar-refractivity contribution in [3.05, 3.63) is 52.4 Å². The Labute approximate surface area is 196 Å². The first-order chi connectivity index (χ1) is 15.5. The molecule has 0 spiro atoms. The average Bonchev–Trinajstić information content (AvgIpc) is 3.23. The summed E-state index contributed by atoms with van der Waals surface area (Å²) in [5.41, 5.74) is 3.19. The third-order valence-electron chi connectivity index (χ3n) is 5.90. The molecule has 1 fully saturated rings. The Bertz CT molecular complexity index is 982. The normalized spacial score (nSPS) is 18.9. The van der Waals surface area contributed by atoms with E-state index in [-0.39, 0.29) is 12.3 Å². The SMILES string of the molecule is CCC1SCc2ncnc(N3CCN(C(=O)[C@@H](Cc4ccc(Cl)cc4)NC(=O)O)CC3)c21. The van der Waals surface area contributed by atoms with Gasteiger partial charge in [-0.25, -0.2) is 14.8 Å². The Balaban J connectivity index is 1.43. The molecule has 0 radical (unpaired) electrons. The number of carbonyl (C=O) groups excluding carboxylic acids is 1. The molecule has 1 unspecified atom stereocenters. The van der Waals surface area contributed by atoms with Gasteiger partial charge in [-0.15, -0.1) is 11.8 Å². The van der Waals surface area contributed by atoms with Crippen LogP contribution >= 0.6 is 23.4 Å². The van der Waals surface area contributed by atoms with Crippen LogP contribution in [0.2, 0.25) is 5.02 Å². The van der Waals surface area contributed by atoms with Crippen molar-refractivity contribution >= 4 is 41.2 Å². The molecule has 0 bridgehead atoms. The zero-order valence-electron chi connectivity index (χ0n) is 17.8. The Kier molecular flexibility index (Phi) is 7.05. The lowest BCUT2D eigenvalue weighted by atomic mass is 10.0. The van der Waals surface area contributed by atoms with Crippen molar-refractivity contribution in [1.29, 1.82) is 0 Å². The van der Waals surface area contributed by atoms with E-state index in [1.54, 1.807) is 23.4 Å². The summed E-state index contributed by atoms with van der Waals surface area (Å²) in [6.45, 7) is 4.50. The van der Waals surface area contributed by atoms with Crippen molar-refractivity contribution in [3.8, 4) is 0 Å². The molecule has 2 aliphatic rings. The number of amides is 2. The van der Waals surface area contributed by atoms with Crippen molar-refractivity contribution in [2.24, 2.45) is 0 Å². The van der Waals surface area contributed by atoms with Crippen molar-refractivity contribution in [1.82, 2.24) is 20.2 Å². The van der Waals surface area contributed by atoms with Crippen molar-refractivity contribution in [3.63, 3.8) is 0 Å². The molecule has 4 rings (SSSR count). The molecule has 1 aromatic heterocycles. The van der Waals surface area contributed by atoms with Gasteiger partial charge in [0.2, 0.25) is 5.91 Å². The van der Waals surface area contributed by atoms with Gasteiger partial charge in [0.05, 0.1) is 5.69 Å². The van der Waals surface area contributed by atoms with E-state index in [4.69, 9.17) is 11.6 Å². The predicted octanol–water partition coefficient (Wildman–Crippen LogP) is 3.36. The van der Waals surface area contributed by atoms with E-state index >= 15 is 0 Å². The van der Waals surface area contributed by atoms with Crippen LogP contribution < -0.4 is 10.2 Å². The second kappa shape index (κ2) is 9.95. The number of nitrogens with zero attached hydrogens (tertiary/aromatic N) is 4. The molecule has 2 amide bonds. The lowest BCUT2D eigenvalue weighted by molar-refractivity contribution is -0.133. The average molecular weight is 476 g/mol. The molecular formula is C22H26ClN5O3S. The summed E-state index contributed by atoms with van der Waals surface area (Å²) in [5, 5.41) is 12.6. The summed E-state index contributed by atoms with van der Waals surface area (Å²) < 4.78 is 0. The van der Waals surface area contributed by atoms with E-state index in [0.29, 0.717) is 36.5 Å². The Morgan fingerprint density at radius 3 is 2.59 bits per heavy atom. The molecule has 2 aliphatic heterocycles. The van der Waals surface area contributed by atoms with Crippen molar-refractivity contribution in [2.75, 3.05) is 31.1 Å². The number of carbonyl (C=O) groups is 2. The predicted molar refractivity (Wildman–Crippen MR) is 125 cm³/mol. The highest BCUT2D eigenvalue weighted by Crippen LogP contribution is 2.46. The van der Waals surface area contributed by atoms with Gasteiger partial charge in [-0.3, -0.25) is 4.79 Å². The highest BCUT2D eigenvalue weighted by atomic mass is 35.5. The maximum Gasteiger partial charge on any atom is 0.405 e. The number of fused-ring (bicyclic) bond motifs is 1. The zero-order chi connectivity index (χ0) is 22.7. The number of hydrogen-bond acceptors (Lipinski definition) is 6. The maximum absolute atomic E-state index is 13.2. The molecule has 10 heteroatoms. The molecule has 3 heterocycles. The number of aromatic nitrogens is 2. The lowest BCUT2D eigenvalue weighted by Crippen LogP contribution is -2.55.